The summed E-state index contributed by atoms with van der Waals surface area (Å²) in [5, 5.41) is 59.7. The first-order chi connectivity index (χ1) is 67.4. The summed E-state index contributed by atoms with van der Waals surface area (Å²) in [5.74, 6) is 0. The molecule has 0 aliphatic carbocycles. The van der Waals surface area contributed by atoms with Gasteiger partial charge in [-0.2, -0.15) is 21.0 Å². The molecular formula is C124H72N8S4. The number of thiophene rings is 4. The highest BCUT2D eigenvalue weighted by molar-refractivity contribution is 7.27. The van der Waals surface area contributed by atoms with Crippen LogP contribution in [0.2, 0.25) is 0 Å². The van der Waals surface area contributed by atoms with Crippen molar-refractivity contribution in [2.75, 3.05) is 0 Å². The van der Waals surface area contributed by atoms with Crippen molar-refractivity contribution < 1.29 is 0 Å². The molecule has 0 bridgehead atoms. The zero-order chi connectivity index (χ0) is 90.6. The van der Waals surface area contributed by atoms with Gasteiger partial charge in [0.1, 0.15) is 6.07 Å². The molecule has 0 fully saturated rings. The minimum absolute atomic E-state index is 0.656. The Labute approximate surface area is 796 Å². The van der Waals surface area contributed by atoms with Gasteiger partial charge in [0, 0.05) is 146 Å². The molecule has 0 saturated heterocycles. The maximum atomic E-state index is 10.2. The summed E-state index contributed by atoms with van der Waals surface area (Å²) < 4.78 is 19.4. The van der Waals surface area contributed by atoms with E-state index in [1.165, 1.54) is 129 Å². The van der Waals surface area contributed by atoms with Gasteiger partial charge in [-0.1, -0.05) is 291 Å². The van der Waals surface area contributed by atoms with Gasteiger partial charge in [0.25, 0.3) is 0 Å². The molecule has 136 heavy (non-hydrogen) atoms. The molecule has 0 radical (unpaired) electrons. The van der Waals surface area contributed by atoms with Gasteiger partial charge in [0.15, 0.2) is 0 Å². The summed E-state index contributed by atoms with van der Waals surface area (Å²) in [6.45, 7) is 0. The summed E-state index contributed by atoms with van der Waals surface area (Å²) in [4.78, 5) is 0. The van der Waals surface area contributed by atoms with E-state index in [0.29, 0.717) is 22.3 Å². The molecule has 8 heterocycles. The van der Waals surface area contributed by atoms with Gasteiger partial charge in [-0.05, 0) is 168 Å². The van der Waals surface area contributed by atoms with Crippen molar-refractivity contribution in [2.24, 2.45) is 0 Å². The lowest BCUT2D eigenvalue weighted by atomic mass is 9.94. The van der Waals surface area contributed by atoms with Gasteiger partial charge < -0.3 is 18.3 Å². The summed E-state index contributed by atoms with van der Waals surface area (Å²) in [6.07, 6.45) is 0. The van der Waals surface area contributed by atoms with Crippen molar-refractivity contribution in [2.45, 2.75) is 0 Å². The Morgan fingerprint density at radius 2 is 0.441 bits per heavy atom. The Bertz CT molecular complexity index is 9570. The Morgan fingerprint density at radius 1 is 0.169 bits per heavy atom. The number of nitriles is 4. The van der Waals surface area contributed by atoms with Gasteiger partial charge in [-0.25, -0.2) is 0 Å². The van der Waals surface area contributed by atoms with Crippen LogP contribution in [0, 0.1) is 45.3 Å². The first-order valence-corrected chi connectivity index (χ1v) is 48.3. The molecule has 8 nitrogen and oxygen atoms in total. The van der Waals surface area contributed by atoms with Gasteiger partial charge in [0.2, 0.25) is 0 Å². The third-order valence-electron chi connectivity index (χ3n) is 26.6. The third-order valence-corrected chi connectivity index (χ3v) is 31.1. The van der Waals surface area contributed by atoms with Crippen LogP contribution < -0.4 is 0 Å². The number of benzene rings is 20. The third kappa shape index (κ3) is 13.1. The van der Waals surface area contributed by atoms with Gasteiger partial charge in [0.05, 0.1) is 107 Å². The monoisotopic (exact) mass is 1800 g/mol. The van der Waals surface area contributed by atoms with Crippen molar-refractivity contribution in [3.8, 4) is 91.5 Å². The number of hydrogen-bond donors (Lipinski definition) is 0. The lowest BCUT2D eigenvalue weighted by Gasteiger charge is -2.16. The quantitative estimate of drug-likeness (QED) is 0.151. The molecule has 0 unspecified atom stereocenters. The van der Waals surface area contributed by atoms with E-state index in [0.717, 1.165) is 106 Å². The van der Waals surface area contributed by atoms with E-state index in [1.54, 1.807) is 11.3 Å². The van der Waals surface area contributed by atoms with E-state index in [4.69, 9.17) is 0 Å². The Morgan fingerprint density at radius 3 is 0.824 bits per heavy atom. The number of fused-ring (bicyclic) bond motifs is 24. The van der Waals surface area contributed by atoms with Crippen LogP contribution in [0.25, 0.3) is 235 Å². The highest BCUT2D eigenvalue weighted by Gasteiger charge is 2.27. The number of aromatic nitrogens is 4. The predicted molar refractivity (Wildman–Crippen MR) is 575 cm³/mol. The van der Waals surface area contributed by atoms with Crippen molar-refractivity contribution in [1.29, 1.82) is 21.0 Å². The Balaban J connectivity index is 0.0000000965. The lowest BCUT2D eigenvalue weighted by molar-refractivity contribution is 1.17. The number of hydrogen-bond acceptors (Lipinski definition) is 8. The summed E-state index contributed by atoms with van der Waals surface area (Å²) >= 11 is 7.26. The van der Waals surface area contributed by atoms with Crippen LogP contribution in [0.15, 0.2) is 437 Å². The van der Waals surface area contributed by atoms with Crippen LogP contribution in [-0.4, -0.2) is 18.3 Å². The van der Waals surface area contributed by atoms with Crippen LogP contribution in [-0.2, 0) is 0 Å². The lowest BCUT2D eigenvalue weighted by Crippen LogP contribution is -2.01. The SMILES string of the molecule is N#Cc1ccc(-c2cccc3sc4ccccc4c23)c(-n2c3ccccc3c3ccccc32)c1.N#Cc1ccc(-n2c3ccccc3c3ccccc32)c(-c2cccc3sc4ccccc4c23)c1.N#Cc1cccc(-c2cccc3sc4ccccc4c23)c1-n1c2ccccc2c2ccccc21.N#Cc1cccc(-n2c3ccccc3c3ccccc32)c1-c1cccc2sc3ccccc3c12. The van der Waals surface area contributed by atoms with Crippen molar-refractivity contribution in [1.82, 2.24) is 18.3 Å². The zero-order valence-corrected chi connectivity index (χ0v) is 76.0. The predicted octanol–water partition coefficient (Wildman–Crippen LogP) is 34.8. The van der Waals surface area contributed by atoms with E-state index >= 15 is 0 Å². The van der Waals surface area contributed by atoms with Gasteiger partial charge in [-0.15, -0.1) is 45.3 Å². The van der Waals surface area contributed by atoms with E-state index < -0.39 is 0 Å². The fraction of sp³-hybridized carbons (Fsp3) is 0. The first-order valence-electron chi connectivity index (χ1n) is 45.1. The van der Waals surface area contributed by atoms with Gasteiger partial charge >= 0.3 is 0 Å². The highest BCUT2D eigenvalue weighted by atomic mass is 32.1. The van der Waals surface area contributed by atoms with Crippen LogP contribution in [0.4, 0.5) is 0 Å². The van der Waals surface area contributed by atoms with E-state index in [-0.39, 0.29) is 0 Å². The molecule has 0 amide bonds. The molecule has 0 N–H and O–H groups in total. The normalized spacial score (nSPS) is 11.5. The number of para-hydroxylation sites is 9. The average molecular weight is 1800 g/mol. The van der Waals surface area contributed by atoms with E-state index in [2.05, 4.69) is 431 Å². The van der Waals surface area contributed by atoms with E-state index in [9.17, 15) is 21.0 Å². The molecule has 632 valence electrons. The maximum absolute atomic E-state index is 10.2. The number of nitrogens with zero attached hydrogens (tertiary/aromatic N) is 8. The van der Waals surface area contributed by atoms with E-state index in [1.807, 2.05) is 82.5 Å². The highest BCUT2D eigenvalue weighted by Crippen LogP contribution is 2.51. The summed E-state index contributed by atoms with van der Waals surface area (Å²) in [7, 11) is 0. The molecule has 0 atom stereocenters. The molecule has 28 aromatic rings. The molecule has 20 aromatic carbocycles. The smallest absolute Gasteiger partial charge is 0.101 e. The fourth-order valence-corrected chi connectivity index (χ4v) is 25.4. The second kappa shape index (κ2) is 33.4. The molecular weight excluding hydrogens is 1730 g/mol. The molecule has 0 aliphatic heterocycles. The minimum atomic E-state index is 0.656. The summed E-state index contributed by atoms with van der Waals surface area (Å²) in [5.41, 5.74) is 24.7. The molecule has 8 aromatic heterocycles. The summed E-state index contributed by atoms with van der Waals surface area (Å²) in [6, 6.07) is 162. The topological polar surface area (TPSA) is 115 Å². The molecule has 0 aliphatic rings. The van der Waals surface area contributed by atoms with Gasteiger partial charge in [-0.3, -0.25) is 0 Å². The van der Waals surface area contributed by atoms with Crippen LogP contribution >= 0.6 is 45.3 Å². The Hall–Kier alpha value is -17.6. The maximum Gasteiger partial charge on any atom is 0.101 e. The second-order valence-corrected chi connectivity index (χ2v) is 38.2. The first kappa shape index (κ1) is 80.5. The van der Waals surface area contributed by atoms with Crippen LogP contribution in [0.1, 0.15) is 22.3 Å². The largest absolute Gasteiger partial charge is 0.309 e. The average Bonchev–Trinajstić information content (AvgIpc) is 1.57. The fourth-order valence-electron chi connectivity index (χ4n) is 20.9. The number of rotatable bonds is 8. The van der Waals surface area contributed by atoms with Crippen molar-refractivity contribution in [3.05, 3.63) is 459 Å². The molecule has 0 saturated carbocycles. The Kier molecular flexibility index (Phi) is 19.8. The zero-order valence-electron chi connectivity index (χ0n) is 72.8. The van der Waals surface area contributed by atoms with Crippen molar-refractivity contribution in [3.63, 3.8) is 0 Å². The molecule has 12 heteroatoms. The van der Waals surface area contributed by atoms with Crippen LogP contribution in [0.3, 0.4) is 0 Å². The standard InChI is InChI=1S/4C31H18N2S/c32-19-20-9-7-14-24(23-13-8-18-29-30(23)25-12-3-6-17-28(25)34-29)31(20)33-26-15-4-1-10-21(26)22-11-2-5-16-27(22)33;32-19-20-9-7-16-27(33-25-14-4-1-10-21(25)22-11-2-5-15-26(22)33)30(20)24-13-8-18-29-31(24)23-12-3-6-17-28(23)34-29;32-19-20-16-17-23(24-11-7-15-30-31(24)25-10-3-6-14-29(25)34-30)28(18-20)33-26-12-4-1-8-21(26)22-9-2-5-13-27(22)33;32-19-20-16-17-28(33-26-12-4-1-8-21(26)22-9-2-5-13-27(22)33)25(18-20)23-11-7-15-30-31(23)24-10-3-6-14-29(24)34-30/h4*1-18H. The molecule has 28 rings (SSSR count). The van der Waals surface area contributed by atoms with Crippen LogP contribution in [0.5, 0.6) is 0 Å². The molecule has 0 spiro atoms. The second-order valence-electron chi connectivity index (χ2n) is 33.9. The minimum Gasteiger partial charge on any atom is -0.309 e. The van der Waals surface area contributed by atoms with Crippen molar-refractivity contribution >= 4 is 213 Å².